The molecule has 2 aromatic carbocycles. The van der Waals surface area contributed by atoms with Crippen LogP contribution in [0.1, 0.15) is 48.4 Å². The van der Waals surface area contributed by atoms with Crippen molar-refractivity contribution in [3.63, 3.8) is 0 Å². The fourth-order valence-electron chi connectivity index (χ4n) is 4.55. The van der Waals surface area contributed by atoms with Crippen LogP contribution in [-0.2, 0) is 17.4 Å². The number of anilines is 3. The average molecular weight is 533 g/mol. The molecule has 2 atom stereocenters. The summed E-state index contributed by atoms with van der Waals surface area (Å²) < 4.78 is 47.3. The lowest BCUT2D eigenvalue weighted by Crippen LogP contribution is -2.43. The Kier molecular flexibility index (Phi) is 8.30. The molecule has 0 radical (unpaired) electrons. The minimum Gasteiger partial charge on any atom is -0.396 e. The van der Waals surface area contributed by atoms with Gasteiger partial charge in [0.2, 0.25) is 11.2 Å². The Morgan fingerprint density at radius 2 is 1.84 bits per heavy atom. The van der Waals surface area contributed by atoms with E-state index in [0.717, 1.165) is 48.9 Å². The van der Waals surface area contributed by atoms with Crippen LogP contribution >= 0.6 is 0 Å². The number of benzene rings is 2. The van der Waals surface area contributed by atoms with Crippen molar-refractivity contribution in [3.8, 4) is 0 Å². The smallest absolute Gasteiger partial charge is 0.396 e. The van der Waals surface area contributed by atoms with E-state index in [9.17, 15) is 27.9 Å². The molecule has 9 nitrogen and oxygen atoms in total. The van der Waals surface area contributed by atoms with Crippen molar-refractivity contribution in [2.24, 2.45) is 5.92 Å². The number of rotatable bonds is 7. The topological polar surface area (TPSA) is 120 Å². The lowest BCUT2D eigenvalue weighted by Gasteiger charge is -2.21. The molecule has 4 N–H and O–H groups in total. The summed E-state index contributed by atoms with van der Waals surface area (Å²) in [6, 6.07) is 9.19. The minimum atomic E-state index is -4.70. The zero-order valence-corrected chi connectivity index (χ0v) is 20.7. The quantitative estimate of drug-likeness (QED) is 0.325. The maximum absolute atomic E-state index is 13.5. The van der Waals surface area contributed by atoms with Gasteiger partial charge in [0.1, 0.15) is 0 Å². The average Bonchev–Trinajstić information content (AvgIpc) is 3.33. The molecular formula is C26H29F3N5O4+. The maximum Gasteiger partial charge on any atom is 0.416 e. The lowest BCUT2D eigenvalue weighted by atomic mass is 9.86. The summed E-state index contributed by atoms with van der Waals surface area (Å²) in [7, 11) is 0. The number of hydrogen-bond donors (Lipinski definition) is 4. The van der Waals surface area contributed by atoms with Gasteiger partial charge >= 0.3 is 18.1 Å². The number of urea groups is 1. The Morgan fingerprint density at radius 1 is 1.11 bits per heavy atom. The summed E-state index contributed by atoms with van der Waals surface area (Å²) in [6.07, 6.45) is 0.212. The molecule has 1 aliphatic carbocycles. The van der Waals surface area contributed by atoms with Crippen LogP contribution in [0.25, 0.3) is 0 Å². The van der Waals surface area contributed by atoms with E-state index < -0.39 is 23.7 Å². The number of aliphatic hydroxyl groups excluding tert-OH is 1. The van der Waals surface area contributed by atoms with Gasteiger partial charge in [-0.1, -0.05) is 24.3 Å². The second kappa shape index (κ2) is 11.6. The number of hydrogen-bond acceptors (Lipinski definition) is 5. The molecule has 2 unspecified atom stereocenters. The molecule has 4 rings (SSSR count). The normalized spacial score (nSPS) is 17.6. The Labute approximate surface area is 217 Å². The molecule has 1 aliphatic rings. The number of aliphatic hydroxyl groups is 1. The molecule has 1 fully saturated rings. The van der Waals surface area contributed by atoms with Crippen LogP contribution in [0.15, 0.2) is 53.2 Å². The van der Waals surface area contributed by atoms with Gasteiger partial charge in [-0.3, -0.25) is 14.6 Å². The van der Waals surface area contributed by atoms with Crippen molar-refractivity contribution in [2.45, 2.75) is 51.2 Å². The van der Waals surface area contributed by atoms with E-state index in [0.29, 0.717) is 0 Å². The molecule has 1 saturated carbocycles. The third kappa shape index (κ3) is 7.09. The molecule has 0 spiro atoms. The third-order valence-electron chi connectivity index (χ3n) is 6.52. The van der Waals surface area contributed by atoms with Gasteiger partial charge in [0.15, 0.2) is 6.04 Å². The molecule has 0 aliphatic heterocycles. The van der Waals surface area contributed by atoms with Crippen LogP contribution in [0.3, 0.4) is 0 Å². The molecule has 12 heteroatoms. The second-order valence-corrected chi connectivity index (χ2v) is 9.44. The van der Waals surface area contributed by atoms with Crippen LogP contribution in [0, 0.1) is 12.8 Å². The van der Waals surface area contributed by atoms with Gasteiger partial charge < -0.3 is 15.7 Å². The summed E-state index contributed by atoms with van der Waals surface area (Å²) in [5.41, 5.74) is 0.320. The predicted molar refractivity (Wildman–Crippen MR) is 132 cm³/mol. The first kappa shape index (κ1) is 27.1. The number of carbonyl (C=O) groups is 2. The van der Waals surface area contributed by atoms with Gasteiger partial charge in [-0.2, -0.15) is 13.2 Å². The largest absolute Gasteiger partial charge is 0.416 e. The van der Waals surface area contributed by atoms with Crippen molar-refractivity contribution >= 4 is 29.2 Å². The highest BCUT2D eigenvalue weighted by Crippen LogP contribution is 2.34. The third-order valence-corrected chi connectivity index (χ3v) is 6.52. The summed E-state index contributed by atoms with van der Waals surface area (Å²) in [6.45, 7) is 1.93. The second-order valence-electron chi connectivity index (χ2n) is 9.44. The standard InChI is InChI=1S/C26H28F3N5O4/c1-16-5-2-3-7-18(16)10-23(36)30-20-11-19(26(27,28)29)12-21(13-20)31-25(37)32-24-14-34(33-38-24)22-8-4-6-17(9-22)15-35/h2-3,5,7,11-14,17,22,35H,4,6,8-10,15H2,1H3,(H2-,30,31,32,33,36,37)/p+1. The molecule has 202 valence electrons. The molecule has 3 aromatic rings. The zero-order chi connectivity index (χ0) is 27.3. The number of nitrogens with one attached hydrogen (secondary N) is 3. The highest BCUT2D eigenvalue weighted by molar-refractivity contribution is 6.00. The lowest BCUT2D eigenvalue weighted by molar-refractivity contribution is -0.788. The Balaban J connectivity index is 1.43. The summed E-state index contributed by atoms with van der Waals surface area (Å²) in [4.78, 5) is 25.0. The SMILES string of the molecule is Cc1ccccc1CC(=O)Nc1cc(NC(=O)Nc2c[n+](C3CCCC(CO)C3)no2)cc(C(F)(F)F)c1. The van der Waals surface area contributed by atoms with E-state index in [-0.39, 0.29) is 42.2 Å². The maximum atomic E-state index is 13.5. The number of aryl methyl sites for hydroxylation is 1. The van der Waals surface area contributed by atoms with Crippen LogP contribution in [0.5, 0.6) is 0 Å². The van der Waals surface area contributed by atoms with E-state index >= 15 is 0 Å². The molecule has 0 saturated heterocycles. The summed E-state index contributed by atoms with van der Waals surface area (Å²) in [5.74, 6) is -0.316. The predicted octanol–water partition coefficient (Wildman–Crippen LogP) is 4.84. The first-order valence-electron chi connectivity index (χ1n) is 12.2. The first-order chi connectivity index (χ1) is 18.1. The molecule has 0 bridgehead atoms. The van der Waals surface area contributed by atoms with Gasteiger partial charge in [0, 0.05) is 30.8 Å². The van der Waals surface area contributed by atoms with E-state index in [1.807, 2.05) is 19.1 Å². The molecule has 3 amide bonds. The van der Waals surface area contributed by atoms with E-state index in [1.54, 1.807) is 16.8 Å². The van der Waals surface area contributed by atoms with E-state index in [2.05, 4.69) is 21.2 Å². The molecule has 1 aromatic heterocycles. The number of halogens is 3. The van der Waals surface area contributed by atoms with E-state index in [1.165, 1.54) is 12.3 Å². The highest BCUT2D eigenvalue weighted by atomic mass is 19.4. The Hall–Kier alpha value is -3.93. The number of alkyl halides is 3. The van der Waals surface area contributed by atoms with Crippen molar-refractivity contribution in [1.29, 1.82) is 0 Å². The molecule has 1 heterocycles. The monoisotopic (exact) mass is 532 g/mol. The van der Waals surface area contributed by atoms with Crippen molar-refractivity contribution in [1.82, 2.24) is 5.27 Å². The van der Waals surface area contributed by atoms with Crippen LogP contribution in [-0.4, -0.2) is 28.9 Å². The van der Waals surface area contributed by atoms with E-state index in [4.69, 9.17) is 4.52 Å². The van der Waals surface area contributed by atoms with Crippen molar-refractivity contribution in [3.05, 3.63) is 65.4 Å². The van der Waals surface area contributed by atoms with Crippen LogP contribution in [0.2, 0.25) is 0 Å². The fourth-order valence-corrected chi connectivity index (χ4v) is 4.55. The Bertz CT molecular complexity index is 1290. The number of carbonyl (C=O) groups excluding carboxylic acids is 2. The van der Waals surface area contributed by atoms with Crippen LogP contribution < -0.4 is 20.6 Å². The number of aromatic nitrogens is 2. The van der Waals surface area contributed by atoms with Gasteiger partial charge in [0.25, 0.3) is 6.20 Å². The zero-order valence-electron chi connectivity index (χ0n) is 20.7. The van der Waals surface area contributed by atoms with Crippen molar-refractivity contribution in [2.75, 3.05) is 22.6 Å². The van der Waals surface area contributed by atoms with Gasteiger partial charge in [-0.15, -0.1) is 0 Å². The van der Waals surface area contributed by atoms with Crippen LogP contribution in [0.4, 0.5) is 35.2 Å². The fraction of sp³-hybridized carbons (Fsp3) is 0.385. The number of nitrogens with zero attached hydrogens (tertiary/aromatic N) is 2. The van der Waals surface area contributed by atoms with Gasteiger partial charge in [-0.25, -0.2) is 4.79 Å². The summed E-state index contributed by atoms with van der Waals surface area (Å²) in [5, 5.41) is 20.6. The minimum absolute atomic E-state index is 0.00681. The number of amides is 3. The highest BCUT2D eigenvalue weighted by Gasteiger charge is 2.33. The molecular weight excluding hydrogens is 503 g/mol. The first-order valence-corrected chi connectivity index (χ1v) is 12.2. The Morgan fingerprint density at radius 3 is 2.55 bits per heavy atom. The summed E-state index contributed by atoms with van der Waals surface area (Å²) >= 11 is 0. The van der Waals surface area contributed by atoms with Gasteiger partial charge in [-0.05, 0) is 59.7 Å². The van der Waals surface area contributed by atoms with Gasteiger partial charge in [0.05, 0.1) is 12.0 Å². The molecule has 38 heavy (non-hydrogen) atoms. The van der Waals surface area contributed by atoms with Crippen molar-refractivity contribution < 1.29 is 37.1 Å².